The molecule has 0 fully saturated rings. The second-order valence-corrected chi connectivity index (χ2v) is 6.71. The number of methoxy groups -OCH3 is 1. The molecule has 6 nitrogen and oxygen atoms in total. The van der Waals surface area contributed by atoms with E-state index in [1.54, 1.807) is 60.7 Å². The molecule has 3 rings (SSSR count). The molecule has 3 N–H and O–H groups in total. The minimum Gasteiger partial charge on any atom is -0.494 e. The van der Waals surface area contributed by atoms with E-state index in [-0.39, 0.29) is 5.91 Å². The van der Waals surface area contributed by atoms with Crippen molar-refractivity contribution in [1.29, 1.82) is 0 Å². The monoisotopic (exact) mass is 409 g/mol. The average molecular weight is 410 g/mol. The van der Waals surface area contributed by atoms with E-state index < -0.39 is 6.03 Å². The first-order chi connectivity index (χ1) is 14.0. The van der Waals surface area contributed by atoms with Crippen molar-refractivity contribution in [2.75, 3.05) is 23.1 Å². The summed E-state index contributed by atoms with van der Waals surface area (Å²) in [7, 11) is 1.50. The van der Waals surface area contributed by atoms with Crippen LogP contribution < -0.4 is 20.7 Å². The predicted molar refractivity (Wildman–Crippen MR) is 116 cm³/mol. The van der Waals surface area contributed by atoms with Gasteiger partial charge in [0, 0.05) is 28.0 Å². The van der Waals surface area contributed by atoms with Gasteiger partial charge in [-0.3, -0.25) is 4.79 Å². The lowest BCUT2D eigenvalue weighted by molar-refractivity contribution is 0.102. The number of carbonyl (C=O) groups is 2. The van der Waals surface area contributed by atoms with Crippen molar-refractivity contribution < 1.29 is 14.3 Å². The summed E-state index contributed by atoms with van der Waals surface area (Å²) in [6.07, 6.45) is 0. The van der Waals surface area contributed by atoms with Gasteiger partial charge in [0.2, 0.25) is 0 Å². The summed E-state index contributed by atoms with van der Waals surface area (Å²) in [6, 6.07) is 18.7. The summed E-state index contributed by atoms with van der Waals surface area (Å²) < 4.78 is 5.38. The second kappa shape index (κ2) is 9.12. The van der Waals surface area contributed by atoms with E-state index in [0.717, 1.165) is 5.56 Å². The van der Waals surface area contributed by atoms with Crippen molar-refractivity contribution in [3.05, 3.63) is 82.9 Å². The van der Waals surface area contributed by atoms with E-state index in [9.17, 15) is 9.59 Å². The maximum atomic E-state index is 12.4. The van der Waals surface area contributed by atoms with E-state index in [4.69, 9.17) is 16.3 Å². The van der Waals surface area contributed by atoms with Gasteiger partial charge in [0.15, 0.2) is 0 Å². The van der Waals surface area contributed by atoms with E-state index in [2.05, 4.69) is 16.0 Å². The van der Waals surface area contributed by atoms with Crippen LogP contribution in [0.25, 0.3) is 0 Å². The Balaban J connectivity index is 1.74. The quantitative estimate of drug-likeness (QED) is 0.516. The molecule has 7 heteroatoms. The molecule has 0 bridgehead atoms. The molecule has 0 atom stereocenters. The molecule has 0 aliphatic rings. The first kappa shape index (κ1) is 20.2. The van der Waals surface area contributed by atoms with Gasteiger partial charge < -0.3 is 20.7 Å². The molecule has 0 heterocycles. The van der Waals surface area contributed by atoms with Crippen LogP contribution in [-0.2, 0) is 0 Å². The number of carbonyl (C=O) groups excluding carboxylic acids is 2. The zero-order valence-corrected chi connectivity index (χ0v) is 16.7. The normalized spacial score (nSPS) is 10.2. The van der Waals surface area contributed by atoms with Crippen molar-refractivity contribution >= 4 is 40.6 Å². The SMILES string of the molecule is COc1cc(NC(=O)c2ccccc2)c(C)cc1NC(=O)Nc1ccc(Cl)cc1. The fourth-order valence-electron chi connectivity index (χ4n) is 2.69. The molecule has 29 heavy (non-hydrogen) atoms. The average Bonchev–Trinajstić information content (AvgIpc) is 2.72. The lowest BCUT2D eigenvalue weighted by atomic mass is 10.1. The van der Waals surface area contributed by atoms with E-state index in [0.29, 0.717) is 33.4 Å². The summed E-state index contributed by atoms with van der Waals surface area (Å²) in [5, 5.41) is 8.93. The van der Waals surface area contributed by atoms with Gasteiger partial charge in [-0.2, -0.15) is 0 Å². The Labute approximate surface area is 173 Å². The summed E-state index contributed by atoms with van der Waals surface area (Å²) >= 11 is 5.85. The number of urea groups is 1. The molecule has 3 aromatic rings. The highest BCUT2D eigenvalue weighted by molar-refractivity contribution is 6.30. The van der Waals surface area contributed by atoms with Crippen LogP contribution in [0.3, 0.4) is 0 Å². The highest BCUT2D eigenvalue weighted by atomic mass is 35.5. The van der Waals surface area contributed by atoms with Crippen LogP contribution in [0.5, 0.6) is 5.75 Å². The Hall–Kier alpha value is -3.51. The first-order valence-electron chi connectivity index (χ1n) is 8.85. The van der Waals surface area contributed by atoms with Crippen LogP contribution >= 0.6 is 11.6 Å². The third kappa shape index (κ3) is 5.27. The molecule has 148 valence electrons. The maximum absolute atomic E-state index is 12.4. The lowest BCUT2D eigenvalue weighted by Crippen LogP contribution is -2.20. The van der Waals surface area contributed by atoms with Crippen LogP contribution in [0, 0.1) is 6.92 Å². The van der Waals surface area contributed by atoms with Crippen molar-refractivity contribution in [2.24, 2.45) is 0 Å². The van der Waals surface area contributed by atoms with Crippen LogP contribution in [-0.4, -0.2) is 19.0 Å². The Morgan fingerprint density at radius 1 is 0.862 bits per heavy atom. The zero-order chi connectivity index (χ0) is 20.8. The van der Waals surface area contributed by atoms with Gasteiger partial charge in [-0.15, -0.1) is 0 Å². The van der Waals surface area contributed by atoms with E-state index >= 15 is 0 Å². The summed E-state index contributed by atoms with van der Waals surface area (Å²) in [5.74, 6) is 0.196. The summed E-state index contributed by atoms with van der Waals surface area (Å²) in [5.41, 5.74) is 3.01. The smallest absolute Gasteiger partial charge is 0.323 e. The van der Waals surface area contributed by atoms with Gasteiger partial charge in [0.25, 0.3) is 5.91 Å². The van der Waals surface area contributed by atoms with Crippen molar-refractivity contribution in [2.45, 2.75) is 6.92 Å². The molecular formula is C22H20ClN3O3. The highest BCUT2D eigenvalue weighted by Gasteiger charge is 2.14. The van der Waals surface area contributed by atoms with Crippen LogP contribution in [0.1, 0.15) is 15.9 Å². The van der Waals surface area contributed by atoms with Gasteiger partial charge in [-0.1, -0.05) is 29.8 Å². The minimum absolute atomic E-state index is 0.225. The number of rotatable bonds is 5. The Bertz CT molecular complexity index is 1020. The first-order valence-corrected chi connectivity index (χ1v) is 9.22. The molecule has 0 saturated carbocycles. The number of nitrogens with one attached hydrogen (secondary N) is 3. The molecule has 0 spiro atoms. The molecule has 3 aromatic carbocycles. The van der Waals surface area contributed by atoms with E-state index in [1.807, 2.05) is 13.0 Å². The van der Waals surface area contributed by atoms with Crippen molar-refractivity contribution in [3.63, 3.8) is 0 Å². The van der Waals surface area contributed by atoms with Crippen molar-refractivity contribution in [1.82, 2.24) is 0 Å². The minimum atomic E-state index is -0.425. The lowest BCUT2D eigenvalue weighted by Gasteiger charge is -2.16. The molecule has 3 amide bonds. The molecule has 0 radical (unpaired) electrons. The number of anilines is 3. The fraction of sp³-hybridized carbons (Fsp3) is 0.0909. The van der Waals surface area contributed by atoms with Gasteiger partial charge in [-0.05, 0) is 55.0 Å². The Morgan fingerprint density at radius 2 is 1.55 bits per heavy atom. The largest absolute Gasteiger partial charge is 0.494 e. The number of hydrogen-bond acceptors (Lipinski definition) is 3. The van der Waals surface area contributed by atoms with Gasteiger partial charge in [0.1, 0.15) is 5.75 Å². The molecule has 0 aliphatic carbocycles. The van der Waals surface area contributed by atoms with Crippen LogP contribution in [0.15, 0.2) is 66.7 Å². The molecule has 0 saturated heterocycles. The number of halogens is 1. The molecular weight excluding hydrogens is 390 g/mol. The topological polar surface area (TPSA) is 79.5 Å². The third-order valence-electron chi connectivity index (χ3n) is 4.18. The summed E-state index contributed by atoms with van der Waals surface area (Å²) in [4.78, 5) is 24.7. The molecule has 0 aliphatic heterocycles. The zero-order valence-electron chi connectivity index (χ0n) is 16.0. The Kier molecular flexibility index (Phi) is 6.36. The molecule has 0 unspecified atom stereocenters. The summed E-state index contributed by atoms with van der Waals surface area (Å²) in [6.45, 7) is 1.84. The van der Waals surface area contributed by atoms with Crippen molar-refractivity contribution in [3.8, 4) is 5.75 Å². The number of aryl methyl sites for hydroxylation is 1. The Morgan fingerprint density at radius 3 is 2.21 bits per heavy atom. The maximum Gasteiger partial charge on any atom is 0.323 e. The molecule has 0 aromatic heterocycles. The van der Waals surface area contributed by atoms with Gasteiger partial charge in [0.05, 0.1) is 12.8 Å². The van der Waals surface area contributed by atoms with Crippen LogP contribution in [0.4, 0.5) is 21.9 Å². The second-order valence-electron chi connectivity index (χ2n) is 6.27. The number of amides is 3. The van der Waals surface area contributed by atoms with Crippen LogP contribution in [0.2, 0.25) is 5.02 Å². The number of hydrogen-bond donors (Lipinski definition) is 3. The fourth-order valence-corrected chi connectivity index (χ4v) is 2.82. The van der Waals surface area contributed by atoms with Gasteiger partial charge >= 0.3 is 6.03 Å². The predicted octanol–water partition coefficient (Wildman–Crippen LogP) is 5.55. The third-order valence-corrected chi connectivity index (χ3v) is 4.43. The van der Waals surface area contributed by atoms with E-state index in [1.165, 1.54) is 7.11 Å². The van der Waals surface area contributed by atoms with Gasteiger partial charge in [-0.25, -0.2) is 4.79 Å². The standard InChI is InChI=1S/C22H20ClN3O3/c1-14-12-19(26-22(28)24-17-10-8-16(23)9-11-17)20(29-2)13-18(14)25-21(27)15-6-4-3-5-7-15/h3-13H,1-2H3,(H,25,27)(H2,24,26,28). The highest BCUT2D eigenvalue weighted by Crippen LogP contribution is 2.31. The number of benzene rings is 3. The number of ether oxygens (including phenoxy) is 1.